The van der Waals surface area contributed by atoms with Crippen LogP contribution in [0.3, 0.4) is 0 Å². The van der Waals surface area contributed by atoms with Gasteiger partial charge in [0, 0.05) is 23.8 Å². The van der Waals surface area contributed by atoms with Crippen molar-refractivity contribution >= 4 is 23.1 Å². The van der Waals surface area contributed by atoms with Gasteiger partial charge in [0.05, 0.1) is 17.4 Å². The van der Waals surface area contributed by atoms with Crippen LogP contribution >= 0.6 is 11.3 Å². The van der Waals surface area contributed by atoms with Gasteiger partial charge in [-0.05, 0) is 43.7 Å². The molecule has 0 aliphatic rings. The molecule has 0 bridgehead atoms. The van der Waals surface area contributed by atoms with E-state index in [2.05, 4.69) is 26.7 Å². The van der Waals surface area contributed by atoms with Crippen LogP contribution in [0.5, 0.6) is 0 Å². The molecule has 7 heteroatoms. The summed E-state index contributed by atoms with van der Waals surface area (Å²) in [5.41, 5.74) is 1.53. The van der Waals surface area contributed by atoms with E-state index in [-0.39, 0.29) is 12.1 Å². The number of urea groups is 1. The van der Waals surface area contributed by atoms with Crippen molar-refractivity contribution in [3.63, 3.8) is 0 Å². The molecule has 3 rings (SSSR count). The van der Waals surface area contributed by atoms with Crippen molar-refractivity contribution in [2.24, 2.45) is 0 Å². The molecule has 0 aliphatic heterocycles. The summed E-state index contributed by atoms with van der Waals surface area (Å²) in [7, 11) is 4.02. The second kappa shape index (κ2) is 7.96. The monoisotopic (exact) mass is 355 g/mol. The Morgan fingerprint density at radius 1 is 1.24 bits per heavy atom. The van der Waals surface area contributed by atoms with Gasteiger partial charge >= 0.3 is 6.03 Å². The molecule has 0 spiro atoms. The molecule has 130 valence electrons. The van der Waals surface area contributed by atoms with E-state index in [9.17, 15) is 4.79 Å². The molecule has 0 fully saturated rings. The highest BCUT2D eigenvalue weighted by Gasteiger charge is 2.16. The largest absolute Gasteiger partial charge is 0.336 e. The normalized spacial score (nSPS) is 12.1. The average molecular weight is 355 g/mol. The minimum absolute atomic E-state index is 0.145. The van der Waals surface area contributed by atoms with Crippen LogP contribution in [0.25, 0.3) is 5.69 Å². The molecule has 1 unspecified atom stereocenters. The van der Waals surface area contributed by atoms with Gasteiger partial charge in [-0.25, -0.2) is 9.48 Å². The number of benzene rings is 1. The van der Waals surface area contributed by atoms with Crippen molar-refractivity contribution in [1.82, 2.24) is 20.0 Å². The summed E-state index contributed by atoms with van der Waals surface area (Å²) in [4.78, 5) is 15.7. The van der Waals surface area contributed by atoms with Crippen LogP contribution in [-0.4, -0.2) is 41.4 Å². The molecule has 0 radical (unpaired) electrons. The average Bonchev–Trinajstić information content (AvgIpc) is 3.29. The fourth-order valence-electron chi connectivity index (χ4n) is 2.56. The number of anilines is 1. The molecule has 3 aromatic rings. The van der Waals surface area contributed by atoms with E-state index >= 15 is 0 Å². The van der Waals surface area contributed by atoms with Crippen LogP contribution in [0, 0.1) is 0 Å². The predicted octanol–water partition coefficient (Wildman–Crippen LogP) is 3.36. The van der Waals surface area contributed by atoms with Gasteiger partial charge in [0.2, 0.25) is 0 Å². The Hall–Kier alpha value is -2.64. The maximum absolute atomic E-state index is 12.4. The maximum atomic E-state index is 12.4. The van der Waals surface area contributed by atoms with Crippen molar-refractivity contribution < 1.29 is 4.79 Å². The van der Waals surface area contributed by atoms with E-state index in [1.807, 2.05) is 62.1 Å². The third-order valence-corrected chi connectivity index (χ3v) is 4.83. The zero-order chi connectivity index (χ0) is 17.6. The predicted molar refractivity (Wildman–Crippen MR) is 101 cm³/mol. The van der Waals surface area contributed by atoms with Gasteiger partial charge in [-0.2, -0.15) is 5.10 Å². The zero-order valence-electron chi connectivity index (χ0n) is 14.2. The van der Waals surface area contributed by atoms with Crippen molar-refractivity contribution in [2.75, 3.05) is 26.0 Å². The first-order chi connectivity index (χ1) is 12.1. The lowest BCUT2D eigenvalue weighted by molar-refractivity contribution is 0.244. The van der Waals surface area contributed by atoms with Crippen molar-refractivity contribution in [3.05, 3.63) is 65.1 Å². The Balaban J connectivity index is 1.65. The highest BCUT2D eigenvalue weighted by Crippen LogP contribution is 2.22. The Morgan fingerprint density at radius 2 is 2.08 bits per heavy atom. The number of likely N-dealkylation sites (N-methyl/N-ethyl adjacent to an activating group) is 1. The molecule has 1 aromatic carbocycles. The summed E-state index contributed by atoms with van der Waals surface area (Å²) in [5, 5.41) is 12.1. The fraction of sp³-hybridized carbons (Fsp3) is 0.222. The van der Waals surface area contributed by atoms with Crippen LogP contribution in [0.15, 0.2) is 60.2 Å². The van der Waals surface area contributed by atoms with Gasteiger partial charge in [0.15, 0.2) is 0 Å². The number of carbonyl (C=O) groups is 1. The standard InChI is InChI=1S/C18H21N5OS/c1-22(2)16(17-9-5-12-25-17)13-19-18(24)21-14-7-3-4-8-15(14)23-11-6-10-20-23/h3-12,16H,13H2,1-2H3,(H2,19,21,24). The lowest BCUT2D eigenvalue weighted by Gasteiger charge is -2.23. The van der Waals surface area contributed by atoms with E-state index in [0.717, 1.165) is 5.69 Å². The Labute approximate surface area is 151 Å². The molecule has 2 aromatic heterocycles. The van der Waals surface area contributed by atoms with E-state index in [4.69, 9.17) is 0 Å². The third-order valence-electron chi connectivity index (χ3n) is 3.85. The number of hydrogen-bond donors (Lipinski definition) is 2. The SMILES string of the molecule is CN(C)C(CNC(=O)Nc1ccccc1-n1cccn1)c1cccs1. The second-order valence-electron chi connectivity index (χ2n) is 5.80. The van der Waals surface area contributed by atoms with Crippen LogP contribution in [0.4, 0.5) is 10.5 Å². The molecule has 2 N–H and O–H groups in total. The van der Waals surface area contributed by atoms with E-state index in [1.165, 1.54) is 4.88 Å². The summed E-state index contributed by atoms with van der Waals surface area (Å²) in [5.74, 6) is 0. The first kappa shape index (κ1) is 17.2. The summed E-state index contributed by atoms with van der Waals surface area (Å²) in [6, 6.07) is 13.4. The number of thiophene rings is 1. The van der Waals surface area contributed by atoms with Crippen LogP contribution in [0.1, 0.15) is 10.9 Å². The maximum Gasteiger partial charge on any atom is 0.319 e. The lowest BCUT2D eigenvalue weighted by Crippen LogP contribution is -2.36. The van der Waals surface area contributed by atoms with E-state index < -0.39 is 0 Å². The molecule has 2 amide bonds. The van der Waals surface area contributed by atoms with Gasteiger partial charge in [0.25, 0.3) is 0 Å². The number of para-hydroxylation sites is 2. The smallest absolute Gasteiger partial charge is 0.319 e. The number of rotatable bonds is 6. The zero-order valence-corrected chi connectivity index (χ0v) is 15.0. The van der Waals surface area contributed by atoms with Gasteiger partial charge in [0.1, 0.15) is 0 Å². The van der Waals surface area contributed by atoms with Crippen molar-refractivity contribution in [3.8, 4) is 5.69 Å². The third kappa shape index (κ3) is 4.26. The molecule has 6 nitrogen and oxygen atoms in total. The molecule has 0 saturated heterocycles. The fourth-order valence-corrected chi connectivity index (χ4v) is 3.49. The molecule has 2 heterocycles. The van der Waals surface area contributed by atoms with Crippen LogP contribution < -0.4 is 10.6 Å². The van der Waals surface area contributed by atoms with Gasteiger partial charge in [-0.1, -0.05) is 18.2 Å². The Morgan fingerprint density at radius 3 is 2.76 bits per heavy atom. The van der Waals surface area contributed by atoms with E-state index in [1.54, 1.807) is 22.2 Å². The molecular weight excluding hydrogens is 334 g/mol. The lowest BCUT2D eigenvalue weighted by atomic mass is 10.2. The van der Waals surface area contributed by atoms with Crippen molar-refractivity contribution in [2.45, 2.75) is 6.04 Å². The summed E-state index contributed by atoms with van der Waals surface area (Å²) in [6.45, 7) is 0.531. The quantitative estimate of drug-likeness (QED) is 0.713. The van der Waals surface area contributed by atoms with Gasteiger partial charge < -0.3 is 15.5 Å². The first-order valence-corrected chi connectivity index (χ1v) is 8.87. The molecule has 0 aliphatic carbocycles. The highest BCUT2D eigenvalue weighted by atomic mass is 32.1. The topological polar surface area (TPSA) is 62.2 Å². The number of amides is 2. The summed E-state index contributed by atoms with van der Waals surface area (Å²) >= 11 is 1.69. The number of carbonyl (C=O) groups excluding carboxylic acids is 1. The molecule has 0 saturated carbocycles. The second-order valence-corrected chi connectivity index (χ2v) is 6.78. The minimum atomic E-state index is -0.233. The minimum Gasteiger partial charge on any atom is -0.336 e. The van der Waals surface area contributed by atoms with Gasteiger partial charge in [-0.3, -0.25) is 0 Å². The molecule has 1 atom stereocenters. The van der Waals surface area contributed by atoms with Crippen LogP contribution in [0.2, 0.25) is 0 Å². The highest BCUT2D eigenvalue weighted by molar-refractivity contribution is 7.10. The number of nitrogens with zero attached hydrogens (tertiary/aromatic N) is 3. The number of aromatic nitrogens is 2. The summed E-state index contributed by atoms with van der Waals surface area (Å²) in [6.07, 6.45) is 3.55. The number of hydrogen-bond acceptors (Lipinski definition) is 4. The Bertz CT molecular complexity index is 799. The molecular formula is C18H21N5OS. The van der Waals surface area contributed by atoms with Gasteiger partial charge in [-0.15, -0.1) is 11.3 Å². The molecule has 25 heavy (non-hydrogen) atoms. The summed E-state index contributed by atoms with van der Waals surface area (Å²) < 4.78 is 1.73. The first-order valence-electron chi connectivity index (χ1n) is 7.99. The van der Waals surface area contributed by atoms with E-state index in [0.29, 0.717) is 12.2 Å². The number of nitrogens with one attached hydrogen (secondary N) is 2. The van der Waals surface area contributed by atoms with Crippen LogP contribution in [-0.2, 0) is 0 Å². The Kier molecular flexibility index (Phi) is 5.47. The van der Waals surface area contributed by atoms with Crippen molar-refractivity contribution in [1.29, 1.82) is 0 Å².